The standard InChI is InChI=1S/C12H11NO2/c1-2-7-8-5-3-4-6-9(8)11(14)10(7)12(13)15/h2-6,10H,1H3,(H2,13,15)/b7-2-/t10-/m0/s1. The second kappa shape index (κ2) is 3.35. The summed E-state index contributed by atoms with van der Waals surface area (Å²) >= 11 is 0. The van der Waals surface area contributed by atoms with E-state index in [0.29, 0.717) is 5.56 Å². The van der Waals surface area contributed by atoms with Gasteiger partial charge in [-0.25, -0.2) is 0 Å². The number of allylic oxidation sites excluding steroid dienone is 1. The van der Waals surface area contributed by atoms with Crippen LogP contribution in [-0.4, -0.2) is 11.7 Å². The third-order valence-corrected chi connectivity index (χ3v) is 2.67. The van der Waals surface area contributed by atoms with E-state index in [1.807, 2.05) is 12.1 Å². The molecule has 76 valence electrons. The molecule has 0 bridgehead atoms. The van der Waals surface area contributed by atoms with Gasteiger partial charge in [0.05, 0.1) is 0 Å². The average molecular weight is 201 g/mol. The molecule has 0 heterocycles. The van der Waals surface area contributed by atoms with Crippen molar-refractivity contribution in [2.75, 3.05) is 0 Å². The summed E-state index contributed by atoms with van der Waals surface area (Å²) in [6, 6.07) is 7.20. The Morgan fingerprint density at radius 1 is 1.33 bits per heavy atom. The SMILES string of the molecule is C/C=C1/c2ccccc2C(=O)[C@H]1C(N)=O. The molecule has 0 saturated carbocycles. The van der Waals surface area contributed by atoms with Gasteiger partial charge in [-0.3, -0.25) is 9.59 Å². The number of rotatable bonds is 1. The fraction of sp³-hybridized carbons (Fsp3) is 0.167. The van der Waals surface area contributed by atoms with Crippen LogP contribution < -0.4 is 5.73 Å². The van der Waals surface area contributed by atoms with Gasteiger partial charge in [-0.05, 0) is 18.1 Å². The van der Waals surface area contributed by atoms with Crippen LogP contribution in [0.5, 0.6) is 0 Å². The highest BCUT2D eigenvalue weighted by Gasteiger charge is 2.37. The Kier molecular flexibility index (Phi) is 2.15. The minimum absolute atomic E-state index is 0.189. The third kappa shape index (κ3) is 1.28. The molecule has 1 atom stereocenters. The van der Waals surface area contributed by atoms with E-state index in [2.05, 4.69) is 0 Å². The predicted molar refractivity (Wildman–Crippen MR) is 57.1 cm³/mol. The monoisotopic (exact) mass is 201 g/mol. The van der Waals surface area contributed by atoms with Crippen LogP contribution in [0.25, 0.3) is 5.57 Å². The first-order valence-corrected chi connectivity index (χ1v) is 4.76. The highest BCUT2D eigenvalue weighted by Crippen LogP contribution is 2.36. The first-order valence-electron chi connectivity index (χ1n) is 4.76. The Labute approximate surface area is 87.6 Å². The Morgan fingerprint density at radius 3 is 2.47 bits per heavy atom. The molecule has 0 fully saturated rings. The molecule has 1 amide bonds. The summed E-state index contributed by atoms with van der Waals surface area (Å²) in [6.07, 6.45) is 1.78. The molecule has 0 unspecified atom stereocenters. The maximum absolute atomic E-state index is 11.9. The third-order valence-electron chi connectivity index (χ3n) is 2.67. The van der Waals surface area contributed by atoms with E-state index in [-0.39, 0.29) is 5.78 Å². The summed E-state index contributed by atoms with van der Waals surface area (Å²) in [7, 11) is 0. The van der Waals surface area contributed by atoms with Crippen molar-refractivity contribution in [2.45, 2.75) is 6.92 Å². The number of hydrogen-bond donors (Lipinski definition) is 1. The van der Waals surface area contributed by atoms with Gasteiger partial charge in [0.15, 0.2) is 5.78 Å². The van der Waals surface area contributed by atoms with Crippen molar-refractivity contribution in [1.29, 1.82) is 0 Å². The van der Waals surface area contributed by atoms with Crippen molar-refractivity contribution in [1.82, 2.24) is 0 Å². The molecule has 2 rings (SSSR count). The van der Waals surface area contributed by atoms with Crippen LogP contribution in [0.4, 0.5) is 0 Å². The number of ketones is 1. The van der Waals surface area contributed by atoms with Crippen LogP contribution >= 0.6 is 0 Å². The molecule has 0 spiro atoms. The Morgan fingerprint density at radius 2 is 1.93 bits per heavy atom. The van der Waals surface area contributed by atoms with Gasteiger partial charge in [0.1, 0.15) is 5.92 Å². The zero-order valence-corrected chi connectivity index (χ0v) is 8.36. The molecule has 15 heavy (non-hydrogen) atoms. The van der Waals surface area contributed by atoms with E-state index in [4.69, 9.17) is 5.73 Å². The molecular weight excluding hydrogens is 190 g/mol. The normalized spacial score (nSPS) is 21.8. The Balaban J connectivity index is 2.64. The molecule has 1 aromatic carbocycles. The van der Waals surface area contributed by atoms with E-state index in [9.17, 15) is 9.59 Å². The van der Waals surface area contributed by atoms with Crippen molar-refractivity contribution < 1.29 is 9.59 Å². The number of carbonyl (C=O) groups excluding carboxylic acids is 2. The van der Waals surface area contributed by atoms with Crippen LogP contribution in [0.1, 0.15) is 22.8 Å². The van der Waals surface area contributed by atoms with Crippen LogP contribution in [0, 0.1) is 5.92 Å². The second-order valence-corrected chi connectivity index (χ2v) is 3.49. The van der Waals surface area contributed by atoms with Crippen LogP contribution in [0.3, 0.4) is 0 Å². The van der Waals surface area contributed by atoms with Crippen molar-refractivity contribution >= 4 is 17.3 Å². The Hall–Kier alpha value is -1.90. The number of primary amides is 1. The van der Waals surface area contributed by atoms with Crippen molar-refractivity contribution in [3.63, 3.8) is 0 Å². The van der Waals surface area contributed by atoms with Gasteiger partial charge in [0.25, 0.3) is 0 Å². The van der Waals surface area contributed by atoms with E-state index in [0.717, 1.165) is 11.1 Å². The zero-order valence-electron chi connectivity index (χ0n) is 8.36. The maximum Gasteiger partial charge on any atom is 0.232 e. The molecule has 3 heteroatoms. The minimum atomic E-state index is -0.799. The summed E-state index contributed by atoms with van der Waals surface area (Å²) in [6.45, 7) is 1.81. The van der Waals surface area contributed by atoms with Crippen LogP contribution in [0.2, 0.25) is 0 Å². The number of carbonyl (C=O) groups is 2. The minimum Gasteiger partial charge on any atom is -0.369 e. The van der Waals surface area contributed by atoms with Gasteiger partial charge in [-0.2, -0.15) is 0 Å². The summed E-state index contributed by atoms with van der Waals surface area (Å²) in [5.41, 5.74) is 7.38. The number of hydrogen-bond acceptors (Lipinski definition) is 2. The van der Waals surface area contributed by atoms with Crippen LogP contribution in [0.15, 0.2) is 30.3 Å². The Bertz CT molecular complexity index is 474. The van der Waals surface area contributed by atoms with E-state index < -0.39 is 11.8 Å². The highest BCUT2D eigenvalue weighted by atomic mass is 16.2. The second-order valence-electron chi connectivity index (χ2n) is 3.49. The number of amides is 1. The predicted octanol–water partition coefficient (Wildman–Crippen LogP) is 1.39. The summed E-state index contributed by atoms with van der Waals surface area (Å²) < 4.78 is 0. The molecule has 1 aliphatic carbocycles. The number of Topliss-reactive ketones (excluding diaryl/α,β-unsaturated/α-hetero) is 1. The number of benzene rings is 1. The lowest BCUT2D eigenvalue weighted by Crippen LogP contribution is -2.27. The van der Waals surface area contributed by atoms with Gasteiger partial charge in [0.2, 0.25) is 5.91 Å². The summed E-state index contributed by atoms with van der Waals surface area (Å²) in [4.78, 5) is 23.1. The topological polar surface area (TPSA) is 60.2 Å². The number of fused-ring (bicyclic) bond motifs is 1. The van der Waals surface area contributed by atoms with Gasteiger partial charge >= 0.3 is 0 Å². The lowest BCUT2D eigenvalue weighted by molar-refractivity contribution is -0.118. The maximum atomic E-state index is 11.9. The molecule has 0 aromatic heterocycles. The van der Waals surface area contributed by atoms with E-state index in [1.165, 1.54) is 0 Å². The molecule has 2 N–H and O–H groups in total. The fourth-order valence-corrected chi connectivity index (χ4v) is 2.01. The fourth-order valence-electron chi connectivity index (χ4n) is 2.01. The molecule has 1 aromatic rings. The van der Waals surface area contributed by atoms with Crippen molar-refractivity contribution in [3.8, 4) is 0 Å². The molecule has 1 aliphatic rings. The molecule has 0 saturated heterocycles. The number of nitrogens with two attached hydrogens (primary N) is 1. The van der Waals surface area contributed by atoms with Crippen molar-refractivity contribution in [2.24, 2.45) is 11.7 Å². The quantitative estimate of drug-likeness (QED) is 0.698. The smallest absolute Gasteiger partial charge is 0.232 e. The molecule has 0 aliphatic heterocycles. The first-order chi connectivity index (χ1) is 7.16. The molecule has 0 radical (unpaired) electrons. The van der Waals surface area contributed by atoms with E-state index in [1.54, 1.807) is 25.1 Å². The van der Waals surface area contributed by atoms with E-state index >= 15 is 0 Å². The molecule has 3 nitrogen and oxygen atoms in total. The lowest BCUT2D eigenvalue weighted by atomic mass is 9.98. The molecular formula is C12H11NO2. The van der Waals surface area contributed by atoms with Gasteiger partial charge in [-0.1, -0.05) is 30.3 Å². The lowest BCUT2D eigenvalue weighted by Gasteiger charge is -2.05. The summed E-state index contributed by atoms with van der Waals surface area (Å²) in [5.74, 6) is -1.57. The van der Waals surface area contributed by atoms with Gasteiger partial charge < -0.3 is 5.73 Å². The highest BCUT2D eigenvalue weighted by molar-refractivity contribution is 6.24. The largest absolute Gasteiger partial charge is 0.369 e. The zero-order chi connectivity index (χ0) is 11.0. The van der Waals surface area contributed by atoms with Crippen molar-refractivity contribution in [3.05, 3.63) is 41.5 Å². The first kappa shape index (κ1) is 9.65. The van der Waals surface area contributed by atoms with Gasteiger partial charge in [-0.15, -0.1) is 0 Å². The summed E-state index contributed by atoms with van der Waals surface area (Å²) in [5, 5.41) is 0. The average Bonchev–Trinajstić information content (AvgIpc) is 2.52. The van der Waals surface area contributed by atoms with Crippen LogP contribution in [-0.2, 0) is 4.79 Å². The van der Waals surface area contributed by atoms with Gasteiger partial charge in [0, 0.05) is 5.56 Å².